The van der Waals surface area contributed by atoms with E-state index in [1.807, 2.05) is 6.07 Å². The van der Waals surface area contributed by atoms with Gasteiger partial charge in [0.05, 0.1) is 24.7 Å². The molecule has 1 amide bonds. The lowest BCUT2D eigenvalue weighted by Crippen LogP contribution is -2.44. The molecule has 0 bridgehead atoms. The van der Waals surface area contributed by atoms with Gasteiger partial charge in [-0.2, -0.15) is 0 Å². The van der Waals surface area contributed by atoms with Gasteiger partial charge in [-0.15, -0.1) is 0 Å². The van der Waals surface area contributed by atoms with Crippen LogP contribution >= 0.6 is 0 Å². The van der Waals surface area contributed by atoms with Crippen LogP contribution < -0.4 is 0 Å². The van der Waals surface area contributed by atoms with Crippen molar-refractivity contribution in [1.29, 1.82) is 0 Å². The molecule has 3 aliphatic rings. The molecule has 1 aliphatic carbocycles. The maximum absolute atomic E-state index is 12.9. The normalized spacial score (nSPS) is 30.0. The standard InChI is InChI=1S/C20H27NO3/c22-20(17-9-11-23-14-17)21-10-8-19(24-13-16-6-7-16)18(21)12-15-4-2-1-3-5-15/h1-5,16-19H,6-14H2/t17-,18-,19+/m0/s1. The molecule has 4 nitrogen and oxygen atoms in total. The highest BCUT2D eigenvalue weighted by Crippen LogP contribution is 2.32. The van der Waals surface area contributed by atoms with Crippen LogP contribution in [0.1, 0.15) is 31.2 Å². The zero-order valence-electron chi connectivity index (χ0n) is 14.2. The Labute approximate surface area is 144 Å². The molecular weight excluding hydrogens is 302 g/mol. The summed E-state index contributed by atoms with van der Waals surface area (Å²) in [5, 5.41) is 0. The zero-order valence-corrected chi connectivity index (χ0v) is 14.2. The summed E-state index contributed by atoms with van der Waals surface area (Å²) in [6, 6.07) is 10.6. The van der Waals surface area contributed by atoms with Crippen molar-refractivity contribution in [1.82, 2.24) is 4.90 Å². The Bertz CT molecular complexity index is 551. The molecule has 1 aromatic carbocycles. The lowest BCUT2D eigenvalue weighted by atomic mass is 10.00. The van der Waals surface area contributed by atoms with E-state index in [1.165, 1.54) is 18.4 Å². The van der Waals surface area contributed by atoms with Crippen LogP contribution in [0.2, 0.25) is 0 Å². The molecule has 4 heteroatoms. The number of amides is 1. The largest absolute Gasteiger partial charge is 0.381 e. The molecule has 0 radical (unpaired) electrons. The third-order valence-electron chi connectivity index (χ3n) is 5.58. The van der Waals surface area contributed by atoms with Crippen molar-refractivity contribution in [2.75, 3.05) is 26.4 Å². The minimum atomic E-state index is 0.0467. The second-order valence-corrected chi connectivity index (χ2v) is 7.45. The van der Waals surface area contributed by atoms with Gasteiger partial charge in [0.25, 0.3) is 0 Å². The van der Waals surface area contributed by atoms with Crippen molar-refractivity contribution in [3.8, 4) is 0 Å². The van der Waals surface area contributed by atoms with Crippen LogP contribution in [-0.2, 0) is 20.7 Å². The Morgan fingerprint density at radius 1 is 1.17 bits per heavy atom. The molecule has 24 heavy (non-hydrogen) atoms. The van der Waals surface area contributed by atoms with Crippen LogP contribution in [0.4, 0.5) is 0 Å². The first-order valence-electron chi connectivity index (χ1n) is 9.35. The van der Waals surface area contributed by atoms with Gasteiger partial charge in [0.15, 0.2) is 0 Å². The van der Waals surface area contributed by atoms with Crippen molar-refractivity contribution in [2.45, 2.75) is 44.2 Å². The van der Waals surface area contributed by atoms with Crippen LogP contribution in [0.25, 0.3) is 0 Å². The highest BCUT2D eigenvalue weighted by atomic mass is 16.5. The summed E-state index contributed by atoms with van der Waals surface area (Å²) in [7, 11) is 0. The molecule has 2 saturated heterocycles. The third kappa shape index (κ3) is 3.65. The van der Waals surface area contributed by atoms with E-state index in [9.17, 15) is 4.79 Å². The average Bonchev–Trinajstić information content (AvgIpc) is 3.12. The summed E-state index contributed by atoms with van der Waals surface area (Å²) >= 11 is 0. The van der Waals surface area contributed by atoms with E-state index in [4.69, 9.17) is 9.47 Å². The zero-order chi connectivity index (χ0) is 16.4. The molecule has 0 N–H and O–H groups in total. The van der Waals surface area contributed by atoms with Crippen LogP contribution in [0.15, 0.2) is 30.3 Å². The third-order valence-corrected chi connectivity index (χ3v) is 5.58. The highest BCUT2D eigenvalue weighted by molar-refractivity contribution is 5.80. The lowest BCUT2D eigenvalue weighted by Gasteiger charge is -2.30. The van der Waals surface area contributed by atoms with E-state index < -0.39 is 0 Å². The Hall–Kier alpha value is -1.39. The number of likely N-dealkylation sites (tertiary alicyclic amines) is 1. The number of ether oxygens (including phenoxy) is 2. The Morgan fingerprint density at radius 2 is 2.00 bits per heavy atom. The highest BCUT2D eigenvalue weighted by Gasteiger charge is 2.41. The van der Waals surface area contributed by atoms with Gasteiger partial charge in [-0.05, 0) is 43.6 Å². The van der Waals surface area contributed by atoms with Gasteiger partial charge in [-0.3, -0.25) is 4.79 Å². The molecule has 2 heterocycles. The first-order valence-corrected chi connectivity index (χ1v) is 9.35. The van der Waals surface area contributed by atoms with Gasteiger partial charge in [0.1, 0.15) is 0 Å². The molecule has 2 aliphatic heterocycles. The van der Waals surface area contributed by atoms with Crippen LogP contribution in [0.3, 0.4) is 0 Å². The fraction of sp³-hybridized carbons (Fsp3) is 0.650. The molecule has 1 saturated carbocycles. The molecular formula is C20H27NO3. The Kier molecular flexibility index (Phi) is 4.86. The second kappa shape index (κ2) is 7.24. The number of nitrogens with zero attached hydrogens (tertiary/aromatic N) is 1. The topological polar surface area (TPSA) is 38.8 Å². The van der Waals surface area contributed by atoms with Crippen LogP contribution in [0.5, 0.6) is 0 Å². The first-order chi connectivity index (χ1) is 11.8. The van der Waals surface area contributed by atoms with Crippen molar-refractivity contribution in [3.63, 3.8) is 0 Å². The predicted octanol–water partition coefficient (Wildman–Crippen LogP) is 2.66. The van der Waals surface area contributed by atoms with Crippen molar-refractivity contribution >= 4 is 5.91 Å². The van der Waals surface area contributed by atoms with Crippen LogP contribution in [0, 0.1) is 11.8 Å². The molecule has 3 atom stereocenters. The Balaban J connectivity index is 1.47. The maximum Gasteiger partial charge on any atom is 0.228 e. The fourth-order valence-electron chi connectivity index (χ4n) is 3.90. The van der Waals surface area contributed by atoms with E-state index in [2.05, 4.69) is 29.2 Å². The molecule has 0 aromatic heterocycles. The van der Waals surface area contributed by atoms with Crippen molar-refractivity contribution in [3.05, 3.63) is 35.9 Å². The monoisotopic (exact) mass is 329 g/mol. The summed E-state index contributed by atoms with van der Waals surface area (Å²) in [4.78, 5) is 15.0. The molecule has 130 valence electrons. The van der Waals surface area contributed by atoms with Gasteiger partial charge < -0.3 is 14.4 Å². The van der Waals surface area contributed by atoms with Gasteiger partial charge >= 0.3 is 0 Å². The van der Waals surface area contributed by atoms with Gasteiger partial charge in [-0.1, -0.05) is 30.3 Å². The average molecular weight is 329 g/mol. The van der Waals surface area contributed by atoms with E-state index in [0.29, 0.717) is 6.61 Å². The Morgan fingerprint density at radius 3 is 2.71 bits per heavy atom. The lowest BCUT2D eigenvalue weighted by molar-refractivity contribution is -0.137. The molecule has 3 fully saturated rings. The summed E-state index contributed by atoms with van der Waals surface area (Å²) in [6.45, 7) is 2.99. The molecule has 1 aromatic rings. The summed E-state index contributed by atoms with van der Waals surface area (Å²) in [6.07, 6.45) is 5.49. The van der Waals surface area contributed by atoms with Gasteiger partial charge in [0, 0.05) is 19.8 Å². The van der Waals surface area contributed by atoms with Crippen molar-refractivity contribution in [2.24, 2.45) is 11.8 Å². The predicted molar refractivity (Wildman–Crippen MR) is 91.7 cm³/mol. The summed E-state index contributed by atoms with van der Waals surface area (Å²) in [5.41, 5.74) is 1.28. The summed E-state index contributed by atoms with van der Waals surface area (Å²) in [5.74, 6) is 1.08. The van der Waals surface area contributed by atoms with Gasteiger partial charge in [0.2, 0.25) is 5.91 Å². The second-order valence-electron chi connectivity index (χ2n) is 7.45. The van der Waals surface area contributed by atoms with E-state index in [-0.39, 0.29) is 24.0 Å². The fourth-order valence-corrected chi connectivity index (χ4v) is 3.90. The molecule has 0 spiro atoms. The van der Waals surface area contributed by atoms with E-state index in [1.54, 1.807) is 0 Å². The van der Waals surface area contributed by atoms with E-state index in [0.717, 1.165) is 44.9 Å². The number of hydrogen-bond donors (Lipinski definition) is 0. The SMILES string of the molecule is O=C([C@H]1CCOC1)N1CC[C@@H](OCC2CC2)[C@@H]1Cc1ccccc1. The molecule has 0 unspecified atom stereocenters. The minimum Gasteiger partial charge on any atom is -0.381 e. The van der Waals surface area contributed by atoms with Gasteiger partial charge in [-0.25, -0.2) is 0 Å². The quantitative estimate of drug-likeness (QED) is 0.805. The smallest absolute Gasteiger partial charge is 0.228 e. The minimum absolute atomic E-state index is 0.0467. The number of benzene rings is 1. The maximum atomic E-state index is 12.9. The van der Waals surface area contributed by atoms with E-state index >= 15 is 0 Å². The number of carbonyl (C=O) groups is 1. The number of carbonyl (C=O) groups excluding carboxylic acids is 1. The molecule has 4 rings (SSSR count). The van der Waals surface area contributed by atoms with Crippen molar-refractivity contribution < 1.29 is 14.3 Å². The summed E-state index contributed by atoms with van der Waals surface area (Å²) < 4.78 is 11.7. The van der Waals surface area contributed by atoms with Crippen LogP contribution in [-0.4, -0.2) is 49.3 Å². The number of rotatable bonds is 6. The number of hydrogen-bond acceptors (Lipinski definition) is 3. The first kappa shape index (κ1) is 16.1.